The molecule has 182 valence electrons. The predicted octanol–water partition coefficient (Wildman–Crippen LogP) is 4.04. The Balaban J connectivity index is 1.50. The summed E-state index contributed by atoms with van der Waals surface area (Å²) in [4.78, 5) is 38.7. The third-order valence-corrected chi connectivity index (χ3v) is 5.30. The van der Waals surface area contributed by atoms with Gasteiger partial charge in [-0.2, -0.15) is 0 Å². The predicted molar refractivity (Wildman–Crippen MR) is 135 cm³/mol. The lowest BCUT2D eigenvalue weighted by Gasteiger charge is -2.18. The Kier molecular flexibility index (Phi) is 8.45. The first kappa shape index (κ1) is 25.3. The van der Waals surface area contributed by atoms with Crippen LogP contribution in [0.25, 0.3) is 0 Å². The van der Waals surface area contributed by atoms with Crippen molar-refractivity contribution < 1.29 is 23.9 Å². The maximum atomic E-state index is 12.7. The van der Waals surface area contributed by atoms with E-state index in [9.17, 15) is 14.4 Å². The van der Waals surface area contributed by atoms with Crippen molar-refractivity contribution in [3.63, 3.8) is 0 Å². The molecule has 35 heavy (non-hydrogen) atoms. The first-order chi connectivity index (χ1) is 16.8. The van der Waals surface area contributed by atoms with E-state index >= 15 is 0 Å². The molecule has 2 N–H and O–H groups in total. The van der Waals surface area contributed by atoms with Gasteiger partial charge in [0.15, 0.2) is 6.61 Å². The van der Waals surface area contributed by atoms with Crippen molar-refractivity contribution in [3.05, 3.63) is 83.4 Å². The van der Waals surface area contributed by atoms with Crippen molar-refractivity contribution in [3.8, 4) is 11.5 Å². The molecule has 3 rings (SSSR count). The van der Waals surface area contributed by atoms with E-state index in [1.807, 2.05) is 32.0 Å². The zero-order valence-corrected chi connectivity index (χ0v) is 20.3. The zero-order valence-electron chi connectivity index (χ0n) is 20.3. The number of likely N-dealkylation sites (N-methyl/N-ethyl adjacent to an activating group) is 1. The van der Waals surface area contributed by atoms with Crippen LogP contribution in [0.1, 0.15) is 21.5 Å². The van der Waals surface area contributed by atoms with E-state index in [4.69, 9.17) is 9.47 Å². The molecule has 8 heteroatoms. The topological polar surface area (TPSA) is 97.0 Å². The van der Waals surface area contributed by atoms with Gasteiger partial charge >= 0.3 is 0 Å². The lowest BCUT2D eigenvalue weighted by atomic mass is 10.1. The van der Waals surface area contributed by atoms with Gasteiger partial charge in [0.25, 0.3) is 11.8 Å². The zero-order chi connectivity index (χ0) is 25.4. The monoisotopic (exact) mass is 475 g/mol. The summed E-state index contributed by atoms with van der Waals surface area (Å²) in [5, 5.41) is 5.61. The van der Waals surface area contributed by atoms with Gasteiger partial charge in [-0.05, 0) is 61.4 Å². The van der Waals surface area contributed by atoms with Crippen molar-refractivity contribution in [2.75, 3.05) is 37.9 Å². The molecule has 0 saturated heterocycles. The van der Waals surface area contributed by atoms with Crippen molar-refractivity contribution in [1.29, 1.82) is 0 Å². The summed E-state index contributed by atoms with van der Waals surface area (Å²) in [7, 11) is 3.12. The molecule has 0 saturated carbocycles. The number of methoxy groups -OCH3 is 1. The Hall–Kier alpha value is -4.33. The Morgan fingerprint density at radius 1 is 0.829 bits per heavy atom. The third kappa shape index (κ3) is 7.07. The highest BCUT2D eigenvalue weighted by Crippen LogP contribution is 2.20. The van der Waals surface area contributed by atoms with Gasteiger partial charge in [-0.25, -0.2) is 0 Å². The van der Waals surface area contributed by atoms with E-state index in [0.717, 1.165) is 16.8 Å². The number of hydrogen-bond donors (Lipinski definition) is 2. The summed E-state index contributed by atoms with van der Waals surface area (Å²) in [6, 6.07) is 19.2. The number of hydrogen-bond acceptors (Lipinski definition) is 5. The Morgan fingerprint density at radius 2 is 1.49 bits per heavy atom. The second kappa shape index (κ2) is 11.7. The number of carbonyl (C=O) groups excluding carboxylic acids is 3. The van der Waals surface area contributed by atoms with Gasteiger partial charge in [-0.15, -0.1) is 0 Å². The maximum Gasteiger partial charge on any atom is 0.262 e. The number of aryl methyl sites for hydroxylation is 2. The van der Waals surface area contributed by atoms with E-state index in [2.05, 4.69) is 10.6 Å². The van der Waals surface area contributed by atoms with Crippen molar-refractivity contribution in [2.45, 2.75) is 13.8 Å². The molecule has 0 aliphatic heterocycles. The Labute approximate surface area is 204 Å². The molecule has 0 heterocycles. The standard InChI is InChI=1S/C27H29N3O5/c1-18-7-5-8-19(2)26(18)29-24(31)16-30(3)27(33)20-11-13-22(14-12-20)35-17-25(32)28-21-9-6-10-23(15-21)34-4/h5-15H,16-17H2,1-4H3,(H,28,32)(H,29,31). The smallest absolute Gasteiger partial charge is 0.262 e. The van der Waals surface area contributed by atoms with Gasteiger partial charge in [0.2, 0.25) is 5.91 Å². The SMILES string of the molecule is COc1cccc(NC(=O)COc2ccc(C(=O)N(C)CC(=O)Nc3c(C)cccc3C)cc2)c1. The van der Waals surface area contributed by atoms with E-state index in [1.54, 1.807) is 62.7 Å². The third-order valence-electron chi connectivity index (χ3n) is 5.30. The molecule has 3 aromatic rings. The number of rotatable bonds is 9. The minimum Gasteiger partial charge on any atom is -0.497 e. The average Bonchev–Trinajstić information content (AvgIpc) is 2.85. The average molecular weight is 476 g/mol. The summed E-state index contributed by atoms with van der Waals surface area (Å²) in [5.74, 6) is 0.173. The van der Waals surface area contributed by atoms with Gasteiger partial charge in [0.05, 0.1) is 13.7 Å². The number of carbonyl (C=O) groups is 3. The van der Waals surface area contributed by atoms with Crippen LogP contribution in [0, 0.1) is 13.8 Å². The molecule has 3 amide bonds. The molecule has 0 radical (unpaired) electrons. The molecule has 3 aromatic carbocycles. The summed E-state index contributed by atoms with van der Waals surface area (Å²) >= 11 is 0. The Morgan fingerprint density at radius 3 is 2.14 bits per heavy atom. The minimum atomic E-state index is -0.326. The summed E-state index contributed by atoms with van der Waals surface area (Å²) in [5.41, 5.74) is 3.68. The molecule has 0 unspecified atom stereocenters. The normalized spacial score (nSPS) is 10.3. The largest absolute Gasteiger partial charge is 0.497 e. The number of benzene rings is 3. The summed E-state index contributed by atoms with van der Waals surface area (Å²) in [6.07, 6.45) is 0. The van der Waals surface area contributed by atoms with E-state index in [1.165, 1.54) is 4.90 Å². The molecular formula is C27H29N3O5. The lowest BCUT2D eigenvalue weighted by Crippen LogP contribution is -2.35. The van der Waals surface area contributed by atoms with Crippen molar-refractivity contribution in [2.24, 2.45) is 0 Å². The fraction of sp³-hybridized carbons (Fsp3) is 0.222. The van der Waals surface area contributed by atoms with E-state index in [0.29, 0.717) is 22.7 Å². The highest BCUT2D eigenvalue weighted by Gasteiger charge is 2.16. The molecule has 0 spiro atoms. The van der Waals surface area contributed by atoms with Crippen LogP contribution in [0.15, 0.2) is 66.7 Å². The number of amides is 3. The van der Waals surface area contributed by atoms with Crippen molar-refractivity contribution >= 4 is 29.1 Å². The second-order valence-electron chi connectivity index (χ2n) is 8.07. The summed E-state index contributed by atoms with van der Waals surface area (Å²) < 4.78 is 10.6. The van der Waals surface area contributed by atoms with Gasteiger partial charge in [-0.3, -0.25) is 14.4 Å². The molecular weight excluding hydrogens is 446 g/mol. The molecule has 0 atom stereocenters. The molecule has 0 aliphatic rings. The van der Waals surface area contributed by atoms with Crippen LogP contribution in [-0.2, 0) is 9.59 Å². The van der Waals surface area contributed by atoms with Crippen LogP contribution < -0.4 is 20.1 Å². The van der Waals surface area contributed by atoms with E-state index < -0.39 is 0 Å². The molecule has 0 bridgehead atoms. The number of ether oxygens (including phenoxy) is 2. The highest BCUT2D eigenvalue weighted by atomic mass is 16.5. The fourth-order valence-electron chi connectivity index (χ4n) is 3.44. The number of anilines is 2. The number of nitrogens with zero attached hydrogens (tertiary/aromatic N) is 1. The van der Waals surface area contributed by atoms with Gasteiger partial charge in [0.1, 0.15) is 11.5 Å². The van der Waals surface area contributed by atoms with E-state index in [-0.39, 0.29) is 30.9 Å². The number of nitrogens with one attached hydrogen (secondary N) is 2. The number of para-hydroxylation sites is 1. The van der Waals surface area contributed by atoms with Crippen LogP contribution in [0.4, 0.5) is 11.4 Å². The fourth-order valence-corrected chi connectivity index (χ4v) is 3.44. The molecule has 0 fully saturated rings. The van der Waals surface area contributed by atoms with Crippen LogP contribution in [0.2, 0.25) is 0 Å². The van der Waals surface area contributed by atoms with Crippen LogP contribution in [0.5, 0.6) is 11.5 Å². The molecule has 0 aromatic heterocycles. The highest BCUT2D eigenvalue weighted by molar-refractivity contribution is 5.99. The van der Waals surface area contributed by atoms with Crippen LogP contribution >= 0.6 is 0 Å². The van der Waals surface area contributed by atoms with Gasteiger partial charge in [-0.1, -0.05) is 24.3 Å². The first-order valence-electron chi connectivity index (χ1n) is 11.0. The molecule has 0 aliphatic carbocycles. The minimum absolute atomic E-state index is 0.0880. The lowest BCUT2D eigenvalue weighted by molar-refractivity contribution is -0.118. The Bertz CT molecular complexity index is 1190. The van der Waals surface area contributed by atoms with Gasteiger partial charge in [0, 0.05) is 30.1 Å². The van der Waals surface area contributed by atoms with Gasteiger partial charge < -0.3 is 25.0 Å². The van der Waals surface area contributed by atoms with Crippen LogP contribution in [-0.4, -0.2) is 49.9 Å². The summed E-state index contributed by atoms with van der Waals surface area (Å²) in [6.45, 7) is 3.56. The van der Waals surface area contributed by atoms with Crippen molar-refractivity contribution in [1.82, 2.24) is 4.90 Å². The molecule has 8 nitrogen and oxygen atoms in total. The first-order valence-corrected chi connectivity index (χ1v) is 11.0. The van der Waals surface area contributed by atoms with Crippen LogP contribution in [0.3, 0.4) is 0 Å². The second-order valence-corrected chi connectivity index (χ2v) is 8.07. The maximum absolute atomic E-state index is 12.7. The quantitative estimate of drug-likeness (QED) is 0.487.